The van der Waals surface area contributed by atoms with Crippen molar-refractivity contribution in [2.75, 3.05) is 0 Å². The van der Waals surface area contributed by atoms with Gasteiger partial charge in [-0.15, -0.1) is 0 Å². The van der Waals surface area contributed by atoms with E-state index in [4.69, 9.17) is 3.98 Å². The van der Waals surface area contributed by atoms with Gasteiger partial charge in [-0.25, -0.2) is 0 Å². The van der Waals surface area contributed by atoms with Gasteiger partial charge in [-0.3, -0.25) is 0 Å². The molecule has 0 unspecified atom stereocenters. The quantitative estimate of drug-likeness (QED) is 0.504. The summed E-state index contributed by atoms with van der Waals surface area (Å²) in [6, 6.07) is 10.5. The van der Waals surface area contributed by atoms with E-state index in [9.17, 15) is 0 Å². The second kappa shape index (κ2) is 7.12. The molecule has 2 heteroatoms. The SMILES string of the molecule is CC(C)[CH2][Al-]([CH3])([CH2]C(C)C)/[N]=C/c1ccccc1. The summed E-state index contributed by atoms with van der Waals surface area (Å²) in [4.78, 5) is 0. The zero-order chi connectivity index (χ0) is 13.6. The Morgan fingerprint density at radius 2 is 1.50 bits per heavy atom. The van der Waals surface area contributed by atoms with Crippen LogP contribution in [0.5, 0.6) is 0 Å². The number of rotatable bonds is 6. The van der Waals surface area contributed by atoms with Gasteiger partial charge in [0.2, 0.25) is 0 Å². The summed E-state index contributed by atoms with van der Waals surface area (Å²) in [7, 11) is 0. The summed E-state index contributed by atoms with van der Waals surface area (Å²) in [6.45, 7) is 9.26. The molecule has 0 aromatic heterocycles. The lowest BCUT2D eigenvalue weighted by molar-refractivity contribution is 0.678. The van der Waals surface area contributed by atoms with Crippen molar-refractivity contribution < 1.29 is 0 Å². The van der Waals surface area contributed by atoms with Crippen LogP contribution >= 0.6 is 0 Å². The van der Waals surface area contributed by atoms with Gasteiger partial charge in [0.1, 0.15) is 0 Å². The Morgan fingerprint density at radius 1 is 1.00 bits per heavy atom. The highest BCUT2D eigenvalue weighted by atomic mass is 27.3. The summed E-state index contributed by atoms with van der Waals surface area (Å²) >= 11 is -1.80. The minimum atomic E-state index is -1.80. The fourth-order valence-electron chi connectivity index (χ4n) is 3.05. The zero-order valence-corrected chi connectivity index (χ0v) is 13.7. The van der Waals surface area contributed by atoms with Gasteiger partial charge in [-0.1, -0.05) is 69.9 Å². The van der Waals surface area contributed by atoms with Crippen LogP contribution in [0.25, 0.3) is 0 Å². The molecule has 0 fully saturated rings. The first-order valence-electron chi connectivity index (χ1n) is 7.24. The van der Waals surface area contributed by atoms with E-state index in [1.54, 1.807) is 0 Å². The van der Waals surface area contributed by atoms with Crippen LogP contribution < -0.4 is 0 Å². The summed E-state index contributed by atoms with van der Waals surface area (Å²) in [5, 5.41) is 2.63. The van der Waals surface area contributed by atoms with Crippen molar-refractivity contribution in [3.05, 3.63) is 35.9 Å². The van der Waals surface area contributed by atoms with Crippen LogP contribution in [0, 0.1) is 11.8 Å². The van der Waals surface area contributed by atoms with Crippen molar-refractivity contribution in [2.24, 2.45) is 15.8 Å². The zero-order valence-electron chi connectivity index (χ0n) is 12.6. The molecule has 0 amide bonds. The van der Waals surface area contributed by atoms with Crippen molar-refractivity contribution >= 4 is 19.5 Å². The van der Waals surface area contributed by atoms with E-state index in [1.807, 2.05) is 0 Å². The highest BCUT2D eigenvalue weighted by Gasteiger charge is 2.25. The molecule has 1 aromatic rings. The van der Waals surface area contributed by atoms with E-state index in [0.717, 1.165) is 11.8 Å². The van der Waals surface area contributed by atoms with Crippen LogP contribution in [0.1, 0.15) is 33.3 Å². The van der Waals surface area contributed by atoms with Gasteiger partial charge in [0.25, 0.3) is 13.3 Å². The fourth-order valence-corrected chi connectivity index (χ4v) is 8.08. The Kier molecular flexibility index (Phi) is 6.12. The topological polar surface area (TPSA) is 12.4 Å². The molecule has 0 aliphatic carbocycles. The fraction of sp³-hybridized carbons (Fsp3) is 0.562. The summed E-state index contributed by atoms with van der Waals surface area (Å²) in [6.07, 6.45) is 2.11. The van der Waals surface area contributed by atoms with Crippen molar-refractivity contribution in [3.63, 3.8) is 0 Å². The monoisotopic (exact) mass is 260 g/mol. The first-order valence-corrected chi connectivity index (χ1v) is 10.5. The number of hydrogen-bond donors (Lipinski definition) is 0. The van der Waals surface area contributed by atoms with E-state index in [-0.39, 0.29) is 0 Å². The average Bonchev–Trinajstić information content (AvgIpc) is 2.26. The standard InChI is InChI=1S/C7H6N.2C4H9.CH3.Al/c8-6-7-4-2-1-3-5-7;2*1-4(2)3;;/h1-6H;2*4H,1H2,2-3H3;1H3;/q-1;;;;. The Balaban J connectivity index is 2.81. The van der Waals surface area contributed by atoms with E-state index >= 15 is 0 Å². The van der Waals surface area contributed by atoms with Crippen LogP contribution in [0.15, 0.2) is 34.3 Å². The van der Waals surface area contributed by atoms with Crippen LogP contribution in [-0.4, -0.2) is 19.5 Å². The minimum absolute atomic E-state index is 0.756. The Bertz CT molecular complexity index is 358. The number of nitrogens with zero attached hydrogens (tertiary/aromatic N) is 1. The third-order valence-electron chi connectivity index (χ3n) is 3.34. The molecular weight excluding hydrogens is 233 g/mol. The molecule has 0 bridgehead atoms. The van der Waals surface area contributed by atoms with Crippen LogP contribution in [0.3, 0.4) is 0 Å². The van der Waals surface area contributed by atoms with Crippen molar-refractivity contribution in [1.29, 1.82) is 0 Å². The summed E-state index contributed by atoms with van der Waals surface area (Å²) < 4.78 is 5.05. The maximum atomic E-state index is 5.05. The molecule has 1 nitrogen and oxygen atoms in total. The third kappa shape index (κ3) is 5.85. The van der Waals surface area contributed by atoms with Crippen LogP contribution in [-0.2, 0) is 0 Å². The largest absolute Gasteiger partial charge is 0.557 e. The number of hydrogen-bond acceptors (Lipinski definition) is 1. The van der Waals surface area contributed by atoms with Gasteiger partial charge in [0, 0.05) is 0 Å². The van der Waals surface area contributed by atoms with Crippen LogP contribution in [0.2, 0.25) is 16.4 Å². The first-order chi connectivity index (χ1) is 8.41. The van der Waals surface area contributed by atoms with E-state index in [1.165, 1.54) is 16.1 Å². The maximum Gasteiger partial charge on any atom is 0.273 e. The van der Waals surface area contributed by atoms with Crippen LogP contribution in [0.4, 0.5) is 0 Å². The smallest absolute Gasteiger partial charge is 0.273 e. The normalized spacial score (nSPS) is 12.8. The molecule has 0 spiro atoms. The van der Waals surface area contributed by atoms with Crippen molar-refractivity contribution in [1.82, 2.24) is 0 Å². The Morgan fingerprint density at radius 3 is 1.94 bits per heavy atom. The Hall–Kier alpha value is -0.578. The molecule has 1 rings (SSSR count). The van der Waals surface area contributed by atoms with Gasteiger partial charge in [0.05, 0.1) is 0 Å². The molecule has 100 valence electrons. The molecule has 0 saturated heterocycles. The molecule has 18 heavy (non-hydrogen) atoms. The molecule has 0 aliphatic heterocycles. The van der Waals surface area contributed by atoms with Gasteiger partial charge < -0.3 is 3.98 Å². The van der Waals surface area contributed by atoms with E-state index in [2.05, 4.69) is 70.0 Å². The third-order valence-corrected chi connectivity index (χ3v) is 8.13. The summed E-state index contributed by atoms with van der Waals surface area (Å²) in [5.74, 6) is 3.96. The summed E-state index contributed by atoms with van der Waals surface area (Å²) in [5.41, 5.74) is 1.23. The van der Waals surface area contributed by atoms with Gasteiger partial charge >= 0.3 is 0 Å². The molecule has 0 saturated carbocycles. The van der Waals surface area contributed by atoms with E-state index in [0.29, 0.717) is 0 Å². The second-order valence-electron chi connectivity index (χ2n) is 6.68. The van der Waals surface area contributed by atoms with Crippen molar-refractivity contribution in [2.45, 2.75) is 44.0 Å². The molecule has 0 heterocycles. The predicted molar refractivity (Wildman–Crippen MR) is 84.9 cm³/mol. The molecular formula is C16H27AlN-. The highest BCUT2D eigenvalue weighted by Crippen LogP contribution is 2.26. The molecule has 0 aliphatic rings. The predicted octanol–water partition coefficient (Wildman–Crippen LogP) is 4.99. The lowest BCUT2D eigenvalue weighted by Gasteiger charge is -2.31. The van der Waals surface area contributed by atoms with Gasteiger partial charge in [-0.2, -0.15) is 16.4 Å². The molecule has 0 atom stereocenters. The number of benzene rings is 1. The first kappa shape index (κ1) is 15.5. The van der Waals surface area contributed by atoms with Gasteiger partial charge in [-0.05, 0) is 11.8 Å². The molecule has 1 aromatic carbocycles. The maximum absolute atomic E-state index is 5.05. The molecule has 0 radical (unpaired) electrons. The lowest BCUT2D eigenvalue weighted by atomic mass is 10.2. The van der Waals surface area contributed by atoms with E-state index < -0.39 is 13.3 Å². The second-order valence-corrected chi connectivity index (χ2v) is 11.4. The average molecular weight is 260 g/mol. The Labute approximate surface area is 115 Å². The highest BCUT2D eigenvalue weighted by molar-refractivity contribution is 6.77. The molecule has 0 N–H and O–H groups in total. The van der Waals surface area contributed by atoms with Gasteiger partial charge in [0.15, 0.2) is 0 Å². The minimum Gasteiger partial charge on any atom is -0.557 e. The van der Waals surface area contributed by atoms with Crippen molar-refractivity contribution in [3.8, 4) is 0 Å². The lowest BCUT2D eigenvalue weighted by Crippen LogP contribution is -2.31.